The number of hydrogen-bond acceptors (Lipinski definition) is 7. The molecule has 0 bridgehead atoms. The van der Waals surface area contributed by atoms with E-state index in [1.807, 2.05) is 0 Å². The molecule has 0 amide bonds. The second-order valence-electron chi connectivity index (χ2n) is 6.37. The lowest BCUT2D eigenvalue weighted by atomic mass is 10.1. The van der Waals surface area contributed by atoms with E-state index in [1.54, 1.807) is 19.9 Å². The number of pyridine rings is 1. The SMILES string of the molecule is CCC(C)n1c(O)c(C#N)c(C)c(N=Nc2ccc([N+](=O)[O-])c(C(F)(F)F)c2)c1=O. The van der Waals surface area contributed by atoms with Gasteiger partial charge in [-0.05, 0) is 32.4 Å². The van der Waals surface area contributed by atoms with Gasteiger partial charge in [0.15, 0.2) is 5.69 Å². The number of rotatable bonds is 5. The first-order chi connectivity index (χ1) is 13.9. The number of alkyl halides is 3. The second kappa shape index (κ2) is 8.32. The lowest BCUT2D eigenvalue weighted by molar-refractivity contribution is -0.388. The van der Waals surface area contributed by atoms with E-state index >= 15 is 0 Å². The number of aromatic nitrogens is 1. The second-order valence-corrected chi connectivity index (χ2v) is 6.37. The molecule has 9 nitrogen and oxygen atoms in total. The van der Waals surface area contributed by atoms with Crippen molar-refractivity contribution in [1.29, 1.82) is 5.26 Å². The summed E-state index contributed by atoms with van der Waals surface area (Å²) in [7, 11) is 0. The maximum absolute atomic E-state index is 13.1. The van der Waals surface area contributed by atoms with Crippen LogP contribution in [0.15, 0.2) is 33.2 Å². The standard InChI is InChI=1S/C18H16F3N5O4/c1-4-9(2)25-16(27)12(8-22)10(3)15(17(25)28)24-23-11-5-6-14(26(29)30)13(7-11)18(19,20)21/h5-7,9,27H,4H2,1-3H3. The molecule has 30 heavy (non-hydrogen) atoms. The number of aromatic hydroxyl groups is 1. The van der Waals surface area contributed by atoms with E-state index in [4.69, 9.17) is 0 Å². The smallest absolute Gasteiger partial charge is 0.423 e. The van der Waals surface area contributed by atoms with Gasteiger partial charge in [-0.2, -0.15) is 23.5 Å². The van der Waals surface area contributed by atoms with Crippen LogP contribution in [0.3, 0.4) is 0 Å². The first kappa shape index (κ1) is 22.5. The Bertz CT molecular complexity index is 1130. The molecule has 1 heterocycles. The Kier molecular flexibility index (Phi) is 6.25. The van der Waals surface area contributed by atoms with Crippen molar-refractivity contribution < 1.29 is 23.2 Å². The number of halogens is 3. The molecule has 2 aromatic rings. The molecule has 2 rings (SSSR count). The van der Waals surface area contributed by atoms with Crippen molar-refractivity contribution in [3.8, 4) is 11.9 Å². The predicted octanol–water partition coefficient (Wildman–Crippen LogP) is 5.05. The zero-order valence-corrected chi connectivity index (χ0v) is 16.1. The first-order valence-electron chi connectivity index (χ1n) is 8.59. The highest BCUT2D eigenvalue weighted by Gasteiger charge is 2.38. The third-order valence-electron chi connectivity index (χ3n) is 4.49. The zero-order chi connectivity index (χ0) is 22.8. The van der Waals surface area contributed by atoms with Crippen LogP contribution in [0.4, 0.5) is 30.2 Å². The average Bonchev–Trinajstić information content (AvgIpc) is 2.67. The van der Waals surface area contributed by atoms with E-state index in [9.17, 15) is 38.4 Å². The van der Waals surface area contributed by atoms with Crippen LogP contribution in [0.25, 0.3) is 0 Å². The molecule has 12 heteroatoms. The number of benzene rings is 1. The number of nitriles is 1. The van der Waals surface area contributed by atoms with Crippen molar-refractivity contribution in [2.45, 2.75) is 39.4 Å². The highest BCUT2D eigenvalue weighted by molar-refractivity contribution is 5.57. The van der Waals surface area contributed by atoms with Crippen molar-refractivity contribution in [2.24, 2.45) is 10.2 Å². The Balaban J connectivity index is 2.68. The number of nitro benzene ring substituents is 1. The Morgan fingerprint density at radius 1 is 1.37 bits per heavy atom. The quantitative estimate of drug-likeness (QED) is 0.408. The number of hydrogen-bond donors (Lipinski definition) is 1. The minimum absolute atomic E-state index is 0.00117. The molecule has 0 aliphatic heterocycles. The average molecular weight is 423 g/mol. The topological polar surface area (TPSA) is 134 Å². The fraction of sp³-hybridized carbons (Fsp3) is 0.333. The third-order valence-corrected chi connectivity index (χ3v) is 4.49. The Morgan fingerprint density at radius 2 is 2.00 bits per heavy atom. The van der Waals surface area contributed by atoms with Gasteiger partial charge in [-0.15, -0.1) is 5.11 Å². The summed E-state index contributed by atoms with van der Waals surface area (Å²) >= 11 is 0. The minimum Gasteiger partial charge on any atom is -0.493 e. The van der Waals surface area contributed by atoms with Crippen molar-refractivity contribution in [1.82, 2.24) is 4.57 Å². The van der Waals surface area contributed by atoms with Crippen LogP contribution in [-0.4, -0.2) is 14.6 Å². The molecule has 1 aromatic heterocycles. The van der Waals surface area contributed by atoms with Gasteiger partial charge in [-0.25, -0.2) is 0 Å². The minimum atomic E-state index is -5.00. The highest BCUT2D eigenvalue weighted by atomic mass is 19.4. The van der Waals surface area contributed by atoms with Gasteiger partial charge in [0.05, 0.1) is 10.6 Å². The molecular weight excluding hydrogens is 407 g/mol. The fourth-order valence-electron chi connectivity index (χ4n) is 2.70. The molecule has 0 aliphatic carbocycles. The fourth-order valence-corrected chi connectivity index (χ4v) is 2.70. The van der Waals surface area contributed by atoms with Crippen LogP contribution >= 0.6 is 0 Å². The summed E-state index contributed by atoms with van der Waals surface area (Å²) in [5.41, 5.74) is -4.37. The van der Waals surface area contributed by atoms with E-state index in [-0.39, 0.29) is 22.5 Å². The Morgan fingerprint density at radius 3 is 2.50 bits per heavy atom. The van der Waals surface area contributed by atoms with Gasteiger partial charge in [0.2, 0.25) is 5.88 Å². The van der Waals surface area contributed by atoms with E-state index in [2.05, 4.69) is 10.2 Å². The van der Waals surface area contributed by atoms with Gasteiger partial charge < -0.3 is 5.11 Å². The summed E-state index contributed by atoms with van der Waals surface area (Å²) in [5, 5.41) is 37.7. The largest absolute Gasteiger partial charge is 0.493 e. The lowest BCUT2D eigenvalue weighted by Crippen LogP contribution is -2.24. The van der Waals surface area contributed by atoms with Gasteiger partial charge in [-0.3, -0.25) is 19.5 Å². The van der Waals surface area contributed by atoms with E-state index in [1.165, 1.54) is 6.92 Å². The molecule has 158 valence electrons. The molecule has 1 unspecified atom stereocenters. The van der Waals surface area contributed by atoms with Crippen LogP contribution in [-0.2, 0) is 6.18 Å². The van der Waals surface area contributed by atoms with Crippen molar-refractivity contribution in [3.05, 3.63) is 55.4 Å². The summed E-state index contributed by atoms with van der Waals surface area (Å²) in [6.45, 7) is 4.72. The predicted molar refractivity (Wildman–Crippen MR) is 99.1 cm³/mol. The van der Waals surface area contributed by atoms with Gasteiger partial charge in [0.1, 0.15) is 17.2 Å². The molecule has 0 spiro atoms. The lowest BCUT2D eigenvalue weighted by Gasteiger charge is -2.17. The molecule has 1 N–H and O–H groups in total. The maximum atomic E-state index is 13.1. The summed E-state index contributed by atoms with van der Waals surface area (Å²) in [6.07, 6.45) is -4.56. The molecule has 0 saturated carbocycles. The van der Waals surface area contributed by atoms with Gasteiger partial charge in [0, 0.05) is 17.7 Å². The van der Waals surface area contributed by atoms with Gasteiger partial charge >= 0.3 is 6.18 Å². The zero-order valence-electron chi connectivity index (χ0n) is 16.1. The molecule has 1 aromatic carbocycles. The number of nitrogens with zero attached hydrogens (tertiary/aromatic N) is 5. The highest BCUT2D eigenvalue weighted by Crippen LogP contribution is 2.38. The Labute approximate surface area is 167 Å². The van der Waals surface area contributed by atoms with Crippen LogP contribution in [0, 0.1) is 28.4 Å². The first-order valence-corrected chi connectivity index (χ1v) is 8.59. The number of nitro groups is 1. The maximum Gasteiger partial charge on any atom is 0.423 e. The van der Waals surface area contributed by atoms with Crippen molar-refractivity contribution >= 4 is 17.1 Å². The van der Waals surface area contributed by atoms with E-state index in [0.717, 1.165) is 10.6 Å². The monoisotopic (exact) mass is 423 g/mol. The normalized spacial score (nSPS) is 12.7. The molecule has 0 radical (unpaired) electrons. The van der Waals surface area contributed by atoms with E-state index in [0.29, 0.717) is 18.6 Å². The molecular formula is C18H16F3N5O4. The molecule has 1 atom stereocenters. The van der Waals surface area contributed by atoms with Crippen LogP contribution in [0.1, 0.15) is 43.0 Å². The summed E-state index contributed by atoms with van der Waals surface area (Å²) in [6, 6.07) is 3.30. The Hall–Kier alpha value is -3.75. The van der Waals surface area contributed by atoms with Crippen LogP contribution < -0.4 is 5.56 Å². The van der Waals surface area contributed by atoms with Gasteiger partial charge in [-0.1, -0.05) is 6.92 Å². The van der Waals surface area contributed by atoms with Crippen molar-refractivity contribution in [2.75, 3.05) is 0 Å². The molecule has 0 fully saturated rings. The van der Waals surface area contributed by atoms with Gasteiger partial charge in [0.25, 0.3) is 11.2 Å². The number of azo groups is 1. The molecule has 0 saturated heterocycles. The summed E-state index contributed by atoms with van der Waals surface area (Å²) in [4.78, 5) is 22.4. The van der Waals surface area contributed by atoms with E-state index < -0.39 is 39.8 Å². The molecule has 0 aliphatic rings. The summed E-state index contributed by atoms with van der Waals surface area (Å²) in [5.74, 6) is -0.539. The third kappa shape index (κ3) is 4.14. The summed E-state index contributed by atoms with van der Waals surface area (Å²) < 4.78 is 40.3. The van der Waals surface area contributed by atoms with Crippen LogP contribution in [0.2, 0.25) is 0 Å². The van der Waals surface area contributed by atoms with Crippen LogP contribution in [0.5, 0.6) is 5.88 Å². The van der Waals surface area contributed by atoms with Crippen molar-refractivity contribution in [3.63, 3.8) is 0 Å².